The molecule has 0 saturated carbocycles. The Kier molecular flexibility index (Phi) is 5.77. The molecule has 1 heterocycles. The van der Waals surface area contributed by atoms with Gasteiger partial charge in [-0.2, -0.15) is 0 Å². The van der Waals surface area contributed by atoms with Gasteiger partial charge in [0.05, 0.1) is 9.50 Å². The van der Waals surface area contributed by atoms with Crippen molar-refractivity contribution in [1.82, 2.24) is 10.6 Å². The summed E-state index contributed by atoms with van der Waals surface area (Å²) in [7, 11) is 0. The molecule has 9 heteroatoms. The number of carbonyl (C=O) groups excluding carboxylic acids is 2. The number of nitrogens with one attached hydrogen (secondary N) is 2. The molecule has 0 atom stereocenters. The average Bonchev–Trinajstić information content (AvgIpc) is 2.86. The van der Waals surface area contributed by atoms with Crippen LogP contribution in [0.5, 0.6) is 5.75 Å². The van der Waals surface area contributed by atoms with E-state index in [1.54, 1.807) is 30.3 Å². The third-order valence-electron chi connectivity index (χ3n) is 3.44. The normalized spacial score (nSPS) is 15.2. The van der Waals surface area contributed by atoms with Crippen LogP contribution in [-0.2, 0) is 11.4 Å². The lowest BCUT2D eigenvalue weighted by atomic mass is 10.2. The number of halogens is 4. The van der Waals surface area contributed by atoms with Crippen molar-refractivity contribution >= 4 is 68.7 Å². The Balaban J connectivity index is 1.80. The molecule has 5 nitrogen and oxygen atoms in total. The summed E-state index contributed by atoms with van der Waals surface area (Å²) in [6.07, 6.45) is 1.51. The third-order valence-corrected chi connectivity index (χ3v) is 4.90. The predicted molar refractivity (Wildman–Crippen MR) is 105 cm³/mol. The fourth-order valence-corrected chi connectivity index (χ4v) is 3.69. The van der Waals surface area contributed by atoms with Crippen LogP contribution in [-0.4, -0.2) is 11.9 Å². The van der Waals surface area contributed by atoms with E-state index in [4.69, 9.17) is 39.5 Å². The molecule has 3 rings (SSSR count). The van der Waals surface area contributed by atoms with Crippen LogP contribution in [0.1, 0.15) is 11.1 Å². The Labute approximate surface area is 172 Å². The van der Waals surface area contributed by atoms with E-state index in [1.165, 1.54) is 6.08 Å². The largest absolute Gasteiger partial charge is 0.486 e. The summed E-state index contributed by atoms with van der Waals surface area (Å²) in [4.78, 5) is 22.7. The van der Waals surface area contributed by atoms with Crippen LogP contribution in [0.3, 0.4) is 0 Å². The maximum absolute atomic E-state index is 11.6. The third kappa shape index (κ3) is 4.32. The molecule has 2 aromatic rings. The Morgan fingerprint density at radius 1 is 1.04 bits per heavy atom. The molecule has 1 aliphatic heterocycles. The van der Waals surface area contributed by atoms with Crippen molar-refractivity contribution in [3.63, 3.8) is 0 Å². The molecule has 0 aliphatic carbocycles. The number of hydrogen-bond donors (Lipinski definition) is 2. The molecule has 0 radical (unpaired) electrons. The van der Waals surface area contributed by atoms with Gasteiger partial charge in [0.1, 0.15) is 12.3 Å². The van der Waals surface area contributed by atoms with Gasteiger partial charge in [0, 0.05) is 15.6 Å². The molecule has 0 bridgehead atoms. The highest BCUT2D eigenvalue weighted by Crippen LogP contribution is 2.36. The van der Waals surface area contributed by atoms with Gasteiger partial charge in [-0.05, 0) is 51.8 Å². The molecule has 0 aromatic heterocycles. The monoisotopic (exact) mass is 474 g/mol. The second-order valence-electron chi connectivity index (χ2n) is 5.30. The summed E-state index contributed by atoms with van der Waals surface area (Å²) in [6.45, 7) is 0.202. The number of carbonyl (C=O) groups is 2. The molecule has 2 N–H and O–H groups in total. The molecular weight excluding hydrogens is 466 g/mol. The van der Waals surface area contributed by atoms with Crippen LogP contribution in [0.4, 0.5) is 4.79 Å². The average molecular weight is 477 g/mol. The van der Waals surface area contributed by atoms with Crippen molar-refractivity contribution in [2.75, 3.05) is 0 Å². The fraction of sp³-hybridized carbons (Fsp3) is 0.0588. The highest BCUT2D eigenvalue weighted by molar-refractivity contribution is 9.10. The van der Waals surface area contributed by atoms with E-state index in [0.717, 1.165) is 5.56 Å². The van der Waals surface area contributed by atoms with Crippen LogP contribution < -0.4 is 15.4 Å². The Morgan fingerprint density at radius 3 is 2.42 bits per heavy atom. The van der Waals surface area contributed by atoms with Crippen molar-refractivity contribution in [3.05, 3.63) is 66.7 Å². The molecule has 26 heavy (non-hydrogen) atoms. The SMILES string of the molecule is O=C1NC(=O)C(=Cc2cc(Cl)c(OCc3ccc(Cl)cc3Cl)c(Br)c2)N1. The smallest absolute Gasteiger partial charge is 0.326 e. The van der Waals surface area contributed by atoms with Crippen LogP contribution in [0, 0.1) is 0 Å². The number of imide groups is 1. The van der Waals surface area contributed by atoms with Crippen molar-refractivity contribution in [3.8, 4) is 5.75 Å². The zero-order valence-electron chi connectivity index (χ0n) is 12.9. The number of amides is 3. The Bertz CT molecular complexity index is 924. The van der Waals surface area contributed by atoms with E-state index in [0.29, 0.717) is 30.9 Å². The molecule has 0 spiro atoms. The van der Waals surface area contributed by atoms with E-state index in [1.807, 2.05) is 0 Å². The first kappa shape index (κ1) is 19.0. The summed E-state index contributed by atoms with van der Waals surface area (Å²) in [5, 5.41) is 5.91. The summed E-state index contributed by atoms with van der Waals surface area (Å²) in [5.41, 5.74) is 1.52. The lowest BCUT2D eigenvalue weighted by Crippen LogP contribution is -2.22. The highest BCUT2D eigenvalue weighted by atomic mass is 79.9. The number of benzene rings is 2. The van der Waals surface area contributed by atoms with Gasteiger partial charge >= 0.3 is 6.03 Å². The minimum Gasteiger partial charge on any atom is -0.486 e. The van der Waals surface area contributed by atoms with Crippen molar-refractivity contribution in [1.29, 1.82) is 0 Å². The first-order valence-electron chi connectivity index (χ1n) is 7.23. The molecular formula is C17H10BrCl3N2O3. The van der Waals surface area contributed by atoms with Gasteiger partial charge in [0.15, 0.2) is 5.75 Å². The molecule has 1 saturated heterocycles. The van der Waals surface area contributed by atoms with E-state index in [2.05, 4.69) is 26.6 Å². The van der Waals surface area contributed by atoms with Crippen molar-refractivity contribution in [2.24, 2.45) is 0 Å². The van der Waals surface area contributed by atoms with E-state index in [-0.39, 0.29) is 12.3 Å². The van der Waals surface area contributed by atoms with Gasteiger partial charge < -0.3 is 10.1 Å². The number of hydrogen-bond acceptors (Lipinski definition) is 3. The topological polar surface area (TPSA) is 67.4 Å². The van der Waals surface area contributed by atoms with Crippen LogP contribution in [0.15, 0.2) is 40.5 Å². The minimum atomic E-state index is -0.564. The Hall–Kier alpha value is -1.73. The lowest BCUT2D eigenvalue weighted by Gasteiger charge is -2.12. The van der Waals surface area contributed by atoms with E-state index in [9.17, 15) is 9.59 Å². The molecule has 0 unspecified atom stereocenters. The van der Waals surface area contributed by atoms with Gasteiger partial charge in [-0.1, -0.05) is 40.9 Å². The molecule has 1 aliphatic rings. The summed E-state index contributed by atoms with van der Waals surface area (Å²) in [5.74, 6) is -0.0697. The van der Waals surface area contributed by atoms with Crippen LogP contribution >= 0.6 is 50.7 Å². The number of ether oxygens (including phenoxy) is 1. The van der Waals surface area contributed by atoms with Gasteiger partial charge in [0.2, 0.25) is 0 Å². The molecule has 134 valence electrons. The summed E-state index contributed by atoms with van der Waals surface area (Å²) >= 11 is 21.7. The maximum Gasteiger partial charge on any atom is 0.326 e. The predicted octanol–water partition coefficient (Wildman–Crippen LogP) is 5.17. The first-order valence-corrected chi connectivity index (χ1v) is 9.16. The highest BCUT2D eigenvalue weighted by Gasteiger charge is 2.23. The van der Waals surface area contributed by atoms with Crippen molar-refractivity contribution in [2.45, 2.75) is 6.61 Å². The molecule has 1 fully saturated rings. The Morgan fingerprint density at radius 2 is 1.81 bits per heavy atom. The van der Waals surface area contributed by atoms with E-state index < -0.39 is 11.9 Å². The summed E-state index contributed by atoms with van der Waals surface area (Å²) < 4.78 is 6.35. The van der Waals surface area contributed by atoms with Gasteiger partial charge in [0.25, 0.3) is 5.91 Å². The quantitative estimate of drug-likeness (QED) is 0.473. The minimum absolute atomic E-state index is 0.139. The van der Waals surface area contributed by atoms with Gasteiger partial charge in [-0.3, -0.25) is 10.1 Å². The van der Waals surface area contributed by atoms with Crippen molar-refractivity contribution < 1.29 is 14.3 Å². The number of urea groups is 1. The second kappa shape index (κ2) is 7.88. The second-order valence-corrected chi connectivity index (χ2v) is 7.41. The zero-order valence-corrected chi connectivity index (χ0v) is 16.8. The first-order chi connectivity index (χ1) is 12.3. The lowest BCUT2D eigenvalue weighted by molar-refractivity contribution is -0.115. The summed E-state index contributed by atoms with van der Waals surface area (Å²) in [6, 6.07) is 7.90. The molecule has 3 amide bonds. The van der Waals surface area contributed by atoms with Gasteiger partial charge in [-0.15, -0.1) is 0 Å². The standard InChI is InChI=1S/C17H10BrCl3N2O3/c18-11-3-8(5-14-16(24)23-17(25)22-14)4-13(21)15(11)26-7-9-1-2-10(19)6-12(9)20/h1-6H,7H2,(H2,22,23,24,25). The van der Waals surface area contributed by atoms with Crippen LogP contribution in [0.2, 0.25) is 15.1 Å². The number of rotatable bonds is 4. The van der Waals surface area contributed by atoms with Gasteiger partial charge in [-0.25, -0.2) is 4.79 Å². The van der Waals surface area contributed by atoms with E-state index >= 15 is 0 Å². The molecule has 2 aromatic carbocycles. The maximum atomic E-state index is 11.6. The van der Waals surface area contributed by atoms with Crippen LogP contribution in [0.25, 0.3) is 6.08 Å². The zero-order chi connectivity index (χ0) is 18.8. The fourth-order valence-electron chi connectivity index (χ4n) is 2.24.